The van der Waals surface area contributed by atoms with E-state index in [1.54, 1.807) is 19.2 Å². The summed E-state index contributed by atoms with van der Waals surface area (Å²) < 4.78 is 17.6. The van der Waals surface area contributed by atoms with Crippen molar-refractivity contribution in [3.8, 4) is 5.75 Å². The molecule has 0 spiro atoms. The minimum absolute atomic E-state index is 0.203. The largest absolute Gasteiger partial charge is 0.496 e. The standard InChI is InChI=1S/C20H25N5O4/c1-4-29-10-8-22-18-17-15(23-20(21)24-18)7-9-25(17)12-14-6-5-13(19(26)28-3)11-16(14)27-2/h5-7,9,11H,4,8,10,12H2,1-3H3,(H3,21,22,23,24). The number of nitrogens with two attached hydrogens (primary N) is 1. The molecule has 0 saturated heterocycles. The molecule has 0 radical (unpaired) electrons. The summed E-state index contributed by atoms with van der Waals surface area (Å²) in [7, 11) is 2.92. The van der Waals surface area contributed by atoms with E-state index in [1.807, 2.05) is 29.8 Å². The number of nitrogen functional groups attached to an aromatic ring is 1. The second-order valence-corrected chi connectivity index (χ2v) is 6.25. The van der Waals surface area contributed by atoms with Gasteiger partial charge in [-0.1, -0.05) is 6.07 Å². The number of aromatic nitrogens is 3. The Morgan fingerprint density at radius 1 is 1.24 bits per heavy atom. The fraction of sp³-hybridized carbons (Fsp3) is 0.350. The summed E-state index contributed by atoms with van der Waals surface area (Å²) in [5.74, 6) is 1.03. The van der Waals surface area contributed by atoms with Crippen LogP contribution in [0.1, 0.15) is 22.8 Å². The first-order chi connectivity index (χ1) is 14.1. The first kappa shape index (κ1) is 20.4. The van der Waals surface area contributed by atoms with E-state index in [-0.39, 0.29) is 5.95 Å². The number of methoxy groups -OCH3 is 2. The monoisotopic (exact) mass is 399 g/mol. The number of carbonyl (C=O) groups is 1. The number of hydrogen-bond acceptors (Lipinski definition) is 8. The van der Waals surface area contributed by atoms with Gasteiger partial charge in [0.25, 0.3) is 0 Å². The number of rotatable bonds is 9. The predicted molar refractivity (Wildman–Crippen MR) is 110 cm³/mol. The van der Waals surface area contributed by atoms with E-state index in [4.69, 9.17) is 19.9 Å². The van der Waals surface area contributed by atoms with Crippen LogP contribution in [-0.2, 0) is 16.0 Å². The number of hydrogen-bond donors (Lipinski definition) is 2. The van der Waals surface area contributed by atoms with Crippen molar-refractivity contribution in [1.82, 2.24) is 14.5 Å². The van der Waals surface area contributed by atoms with Gasteiger partial charge in [-0.2, -0.15) is 4.98 Å². The molecule has 29 heavy (non-hydrogen) atoms. The van der Waals surface area contributed by atoms with Crippen LogP contribution in [0.5, 0.6) is 5.75 Å². The highest BCUT2D eigenvalue weighted by Gasteiger charge is 2.15. The van der Waals surface area contributed by atoms with E-state index in [2.05, 4.69) is 15.3 Å². The van der Waals surface area contributed by atoms with E-state index in [0.29, 0.717) is 43.4 Å². The quantitative estimate of drug-likeness (QED) is 0.416. The lowest BCUT2D eigenvalue weighted by Gasteiger charge is -2.14. The summed E-state index contributed by atoms with van der Waals surface area (Å²) in [5, 5.41) is 3.27. The van der Waals surface area contributed by atoms with Crippen molar-refractivity contribution >= 4 is 28.8 Å². The van der Waals surface area contributed by atoms with E-state index in [9.17, 15) is 4.79 Å². The molecule has 0 aliphatic rings. The highest BCUT2D eigenvalue weighted by Crippen LogP contribution is 2.27. The molecule has 3 N–H and O–H groups in total. The number of ether oxygens (including phenoxy) is 3. The van der Waals surface area contributed by atoms with Crippen LogP contribution in [0.4, 0.5) is 11.8 Å². The third kappa shape index (κ3) is 4.57. The highest BCUT2D eigenvalue weighted by atomic mass is 16.5. The average Bonchev–Trinajstić information content (AvgIpc) is 3.13. The molecule has 0 fully saturated rings. The Morgan fingerprint density at radius 2 is 2.07 bits per heavy atom. The van der Waals surface area contributed by atoms with Gasteiger partial charge in [-0.25, -0.2) is 9.78 Å². The van der Waals surface area contributed by atoms with Gasteiger partial charge in [-0.05, 0) is 25.1 Å². The third-order valence-corrected chi connectivity index (χ3v) is 4.42. The minimum atomic E-state index is -0.411. The maximum absolute atomic E-state index is 11.8. The van der Waals surface area contributed by atoms with Crippen LogP contribution in [-0.4, -0.2) is 54.5 Å². The zero-order chi connectivity index (χ0) is 20.8. The minimum Gasteiger partial charge on any atom is -0.496 e. The maximum atomic E-state index is 11.8. The van der Waals surface area contributed by atoms with E-state index < -0.39 is 5.97 Å². The van der Waals surface area contributed by atoms with Crippen LogP contribution in [0.3, 0.4) is 0 Å². The van der Waals surface area contributed by atoms with Crippen LogP contribution in [0, 0.1) is 0 Å². The van der Waals surface area contributed by atoms with Crippen molar-refractivity contribution in [2.24, 2.45) is 0 Å². The zero-order valence-electron chi connectivity index (χ0n) is 16.8. The van der Waals surface area contributed by atoms with Crippen molar-refractivity contribution in [3.05, 3.63) is 41.6 Å². The summed E-state index contributed by atoms with van der Waals surface area (Å²) in [6.45, 7) is 4.26. The second kappa shape index (κ2) is 9.24. The smallest absolute Gasteiger partial charge is 0.337 e. The molecular formula is C20H25N5O4. The topological polar surface area (TPSA) is 114 Å². The molecule has 154 valence electrons. The van der Waals surface area contributed by atoms with Gasteiger partial charge in [0, 0.05) is 24.9 Å². The van der Waals surface area contributed by atoms with Crippen LogP contribution >= 0.6 is 0 Å². The lowest BCUT2D eigenvalue weighted by atomic mass is 10.1. The zero-order valence-corrected chi connectivity index (χ0v) is 16.8. The number of nitrogens with one attached hydrogen (secondary N) is 1. The molecule has 0 amide bonds. The molecule has 0 atom stereocenters. The number of carbonyl (C=O) groups excluding carboxylic acids is 1. The Bertz CT molecular complexity index is 1000. The van der Waals surface area contributed by atoms with Crippen molar-refractivity contribution in [1.29, 1.82) is 0 Å². The van der Waals surface area contributed by atoms with Crippen LogP contribution in [0.25, 0.3) is 11.0 Å². The maximum Gasteiger partial charge on any atom is 0.337 e. The van der Waals surface area contributed by atoms with E-state index in [1.165, 1.54) is 7.11 Å². The number of anilines is 2. The molecule has 0 unspecified atom stereocenters. The van der Waals surface area contributed by atoms with Gasteiger partial charge in [-0.15, -0.1) is 0 Å². The van der Waals surface area contributed by atoms with Gasteiger partial charge in [0.05, 0.1) is 38.5 Å². The van der Waals surface area contributed by atoms with Gasteiger partial charge in [0.1, 0.15) is 11.3 Å². The molecule has 9 heteroatoms. The molecule has 3 rings (SSSR count). The number of benzene rings is 1. The normalized spacial score (nSPS) is 10.9. The number of esters is 1. The summed E-state index contributed by atoms with van der Waals surface area (Å²) in [6.07, 6.45) is 1.92. The summed E-state index contributed by atoms with van der Waals surface area (Å²) in [4.78, 5) is 20.4. The Labute approximate surface area is 168 Å². The Kier molecular flexibility index (Phi) is 6.50. The van der Waals surface area contributed by atoms with Gasteiger partial charge in [0.15, 0.2) is 5.82 Å². The molecule has 0 aliphatic carbocycles. The SMILES string of the molecule is CCOCCNc1nc(N)nc2ccn(Cc3ccc(C(=O)OC)cc3OC)c12. The van der Waals surface area contributed by atoms with Gasteiger partial charge in [-0.3, -0.25) is 0 Å². The molecule has 2 heterocycles. The first-order valence-corrected chi connectivity index (χ1v) is 9.26. The average molecular weight is 399 g/mol. The molecule has 2 aromatic heterocycles. The molecule has 9 nitrogen and oxygen atoms in total. The third-order valence-electron chi connectivity index (χ3n) is 4.42. The fourth-order valence-corrected chi connectivity index (χ4v) is 3.07. The molecule has 1 aromatic carbocycles. The van der Waals surface area contributed by atoms with Gasteiger partial charge in [0.2, 0.25) is 5.95 Å². The molecule has 0 aliphatic heterocycles. The van der Waals surface area contributed by atoms with Crippen molar-refractivity contribution in [2.45, 2.75) is 13.5 Å². The van der Waals surface area contributed by atoms with Crippen LogP contribution < -0.4 is 15.8 Å². The van der Waals surface area contributed by atoms with E-state index >= 15 is 0 Å². The predicted octanol–water partition coefficient (Wildman–Crippen LogP) is 2.31. The fourth-order valence-electron chi connectivity index (χ4n) is 3.07. The molecular weight excluding hydrogens is 374 g/mol. The van der Waals surface area contributed by atoms with Crippen molar-refractivity contribution in [2.75, 3.05) is 45.0 Å². The highest BCUT2D eigenvalue weighted by molar-refractivity contribution is 5.90. The van der Waals surface area contributed by atoms with Crippen LogP contribution in [0.15, 0.2) is 30.5 Å². The van der Waals surface area contributed by atoms with Gasteiger partial charge < -0.3 is 29.8 Å². The van der Waals surface area contributed by atoms with E-state index in [0.717, 1.165) is 16.6 Å². The lowest BCUT2D eigenvalue weighted by molar-refractivity contribution is 0.0600. The molecule has 3 aromatic rings. The second-order valence-electron chi connectivity index (χ2n) is 6.25. The number of nitrogens with zero attached hydrogens (tertiary/aromatic N) is 3. The molecule has 0 bridgehead atoms. The van der Waals surface area contributed by atoms with Crippen LogP contribution in [0.2, 0.25) is 0 Å². The Balaban J connectivity index is 1.93. The number of fused-ring (bicyclic) bond motifs is 1. The Morgan fingerprint density at radius 3 is 2.79 bits per heavy atom. The first-order valence-electron chi connectivity index (χ1n) is 9.26. The summed E-state index contributed by atoms with van der Waals surface area (Å²) in [5.41, 5.74) is 8.75. The van der Waals surface area contributed by atoms with Crippen molar-refractivity contribution < 1.29 is 19.0 Å². The van der Waals surface area contributed by atoms with Gasteiger partial charge >= 0.3 is 5.97 Å². The molecule has 0 saturated carbocycles. The summed E-state index contributed by atoms with van der Waals surface area (Å²) >= 11 is 0. The van der Waals surface area contributed by atoms with Crippen molar-refractivity contribution in [3.63, 3.8) is 0 Å². The lowest BCUT2D eigenvalue weighted by Crippen LogP contribution is -2.13. The Hall–Kier alpha value is -3.33. The summed E-state index contributed by atoms with van der Waals surface area (Å²) in [6, 6.07) is 7.11.